The van der Waals surface area contributed by atoms with Crippen LogP contribution in [0.15, 0.2) is 59.6 Å². The van der Waals surface area contributed by atoms with Crippen molar-refractivity contribution in [1.82, 2.24) is 15.2 Å². The second-order valence-corrected chi connectivity index (χ2v) is 8.25. The van der Waals surface area contributed by atoms with Crippen LogP contribution in [0.5, 0.6) is 0 Å². The number of hydrogen-bond acceptors (Lipinski definition) is 4. The molecule has 1 saturated heterocycles. The summed E-state index contributed by atoms with van der Waals surface area (Å²) in [4.78, 5) is 35.9. The molecule has 0 unspecified atom stereocenters. The van der Waals surface area contributed by atoms with Crippen LogP contribution in [-0.2, 0) is 22.7 Å². The van der Waals surface area contributed by atoms with Crippen LogP contribution in [0.2, 0.25) is 5.02 Å². The molecule has 0 aliphatic carbocycles. The molecular formula is C22H18ClN3O3S. The number of nitrogens with one attached hydrogen (secondary N) is 2. The zero-order valence-electron chi connectivity index (χ0n) is 15.9. The Balaban J connectivity index is 1.46. The maximum absolute atomic E-state index is 12.3. The van der Waals surface area contributed by atoms with Gasteiger partial charge in [0.15, 0.2) is 0 Å². The summed E-state index contributed by atoms with van der Waals surface area (Å²) in [5, 5.41) is 6.42. The summed E-state index contributed by atoms with van der Waals surface area (Å²) >= 11 is 6.77. The highest BCUT2D eigenvalue weighted by molar-refractivity contribution is 8.18. The lowest BCUT2D eigenvalue weighted by Gasteiger charge is -2.07. The van der Waals surface area contributed by atoms with E-state index < -0.39 is 0 Å². The van der Waals surface area contributed by atoms with Crippen LogP contribution in [0.1, 0.15) is 17.5 Å². The molecule has 0 bridgehead atoms. The molecular weight excluding hydrogens is 422 g/mol. The monoisotopic (exact) mass is 439 g/mol. The number of amides is 3. The molecule has 1 fully saturated rings. The number of hydrogen-bond donors (Lipinski definition) is 2. The van der Waals surface area contributed by atoms with E-state index in [-0.39, 0.29) is 17.1 Å². The molecule has 0 spiro atoms. The minimum atomic E-state index is -0.386. The number of thioether (sulfide) groups is 1. The second-order valence-electron chi connectivity index (χ2n) is 6.80. The fourth-order valence-electron chi connectivity index (χ4n) is 3.25. The van der Waals surface area contributed by atoms with Crippen molar-refractivity contribution in [2.45, 2.75) is 19.5 Å². The summed E-state index contributed by atoms with van der Waals surface area (Å²) in [7, 11) is 0. The molecule has 1 aromatic heterocycles. The van der Waals surface area contributed by atoms with Crippen LogP contribution in [0.25, 0.3) is 17.0 Å². The summed E-state index contributed by atoms with van der Waals surface area (Å²) in [6.45, 7) is 0.939. The van der Waals surface area contributed by atoms with Crippen molar-refractivity contribution in [2.24, 2.45) is 0 Å². The van der Waals surface area contributed by atoms with Crippen LogP contribution < -0.4 is 10.6 Å². The van der Waals surface area contributed by atoms with E-state index in [9.17, 15) is 14.4 Å². The van der Waals surface area contributed by atoms with Gasteiger partial charge in [0.1, 0.15) is 0 Å². The summed E-state index contributed by atoms with van der Waals surface area (Å²) in [6, 6.07) is 15.1. The third-order valence-corrected chi connectivity index (χ3v) is 5.79. The molecule has 0 saturated carbocycles. The molecule has 0 radical (unpaired) electrons. The molecule has 1 aliphatic rings. The van der Waals surface area contributed by atoms with Gasteiger partial charge in [0.25, 0.3) is 11.1 Å². The maximum Gasteiger partial charge on any atom is 0.290 e. The van der Waals surface area contributed by atoms with Gasteiger partial charge in [0.2, 0.25) is 5.91 Å². The van der Waals surface area contributed by atoms with Crippen molar-refractivity contribution in [2.75, 3.05) is 0 Å². The zero-order chi connectivity index (χ0) is 21.1. The third kappa shape index (κ3) is 4.58. The van der Waals surface area contributed by atoms with Crippen LogP contribution in [-0.4, -0.2) is 21.6 Å². The van der Waals surface area contributed by atoms with Gasteiger partial charge in [-0.05, 0) is 41.6 Å². The molecule has 2 heterocycles. The SMILES string of the molecule is O=C(CCn1cc(C=C2SC(=O)NC2=O)c2ccccc21)NCc1ccc(Cl)cc1. The minimum absolute atomic E-state index is 0.0565. The quantitative estimate of drug-likeness (QED) is 0.560. The molecule has 3 aromatic rings. The first-order chi connectivity index (χ1) is 14.5. The number of rotatable bonds is 6. The number of carbonyl (C=O) groups excluding carboxylic acids is 3. The first-order valence-electron chi connectivity index (χ1n) is 9.33. The van der Waals surface area contributed by atoms with Gasteiger partial charge < -0.3 is 9.88 Å². The molecule has 2 aromatic carbocycles. The van der Waals surface area contributed by atoms with Crippen LogP contribution in [0.3, 0.4) is 0 Å². The number of halogens is 1. The van der Waals surface area contributed by atoms with Crippen molar-refractivity contribution in [3.63, 3.8) is 0 Å². The molecule has 1 aliphatic heterocycles. The number of aromatic nitrogens is 1. The Hall–Kier alpha value is -3.03. The molecule has 4 rings (SSSR count). The number of benzene rings is 2. The molecule has 8 heteroatoms. The van der Waals surface area contributed by atoms with Crippen molar-refractivity contribution in [3.05, 3.63) is 75.8 Å². The van der Waals surface area contributed by atoms with E-state index in [1.807, 2.05) is 47.2 Å². The summed E-state index contributed by atoms with van der Waals surface area (Å²) in [6.07, 6.45) is 3.93. The third-order valence-electron chi connectivity index (χ3n) is 4.73. The predicted octanol–water partition coefficient (Wildman–Crippen LogP) is 4.33. The van der Waals surface area contributed by atoms with E-state index in [4.69, 9.17) is 11.6 Å². The number of imide groups is 1. The van der Waals surface area contributed by atoms with Gasteiger partial charge in [-0.25, -0.2) is 0 Å². The first kappa shape index (κ1) is 20.3. The van der Waals surface area contributed by atoms with Crippen molar-refractivity contribution in [3.8, 4) is 0 Å². The van der Waals surface area contributed by atoms with Gasteiger partial charge in [-0.3, -0.25) is 19.7 Å². The molecule has 30 heavy (non-hydrogen) atoms. The predicted molar refractivity (Wildman–Crippen MR) is 119 cm³/mol. The van der Waals surface area contributed by atoms with Gasteiger partial charge >= 0.3 is 0 Å². The average molecular weight is 440 g/mol. The lowest BCUT2D eigenvalue weighted by molar-refractivity contribution is -0.121. The number of aryl methyl sites for hydroxylation is 1. The smallest absolute Gasteiger partial charge is 0.290 e. The Morgan fingerprint density at radius 3 is 2.63 bits per heavy atom. The van der Waals surface area contributed by atoms with Crippen LogP contribution in [0, 0.1) is 0 Å². The topological polar surface area (TPSA) is 80.2 Å². The number of carbonyl (C=O) groups is 3. The van der Waals surface area contributed by atoms with Gasteiger partial charge in [-0.15, -0.1) is 0 Å². The highest BCUT2D eigenvalue weighted by Gasteiger charge is 2.25. The summed E-state index contributed by atoms with van der Waals surface area (Å²) < 4.78 is 1.99. The van der Waals surface area contributed by atoms with Crippen LogP contribution >= 0.6 is 23.4 Å². The Morgan fingerprint density at radius 1 is 1.13 bits per heavy atom. The van der Waals surface area contributed by atoms with E-state index in [1.54, 1.807) is 18.2 Å². The fourth-order valence-corrected chi connectivity index (χ4v) is 4.05. The lowest BCUT2D eigenvalue weighted by Crippen LogP contribution is -2.23. The maximum atomic E-state index is 12.3. The van der Waals surface area contributed by atoms with Gasteiger partial charge in [0.05, 0.1) is 4.91 Å². The molecule has 6 nitrogen and oxygen atoms in total. The van der Waals surface area contributed by atoms with E-state index in [0.717, 1.165) is 33.8 Å². The fraction of sp³-hybridized carbons (Fsp3) is 0.136. The average Bonchev–Trinajstić information content (AvgIpc) is 3.25. The Kier molecular flexibility index (Phi) is 5.92. The van der Waals surface area contributed by atoms with Crippen LogP contribution in [0.4, 0.5) is 4.79 Å². The zero-order valence-corrected chi connectivity index (χ0v) is 17.4. The number of nitrogens with zero attached hydrogens (tertiary/aromatic N) is 1. The molecule has 2 N–H and O–H groups in total. The lowest BCUT2D eigenvalue weighted by atomic mass is 10.1. The van der Waals surface area contributed by atoms with E-state index in [0.29, 0.717) is 29.4 Å². The largest absolute Gasteiger partial charge is 0.352 e. The highest BCUT2D eigenvalue weighted by atomic mass is 35.5. The van der Waals surface area contributed by atoms with E-state index in [1.165, 1.54) is 0 Å². The molecule has 0 atom stereocenters. The Morgan fingerprint density at radius 2 is 1.90 bits per heavy atom. The minimum Gasteiger partial charge on any atom is -0.352 e. The van der Waals surface area contributed by atoms with Crippen molar-refractivity contribution >= 4 is 57.4 Å². The van der Waals surface area contributed by atoms with Gasteiger partial charge in [-0.2, -0.15) is 0 Å². The standard InChI is InChI=1S/C22H18ClN3O3S/c23-16-7-5-14(6-8-16)12-24-20(27)9-10-26-13-15(17-3-1-2-4-18(17)26)11-19-21(28)25-22(29)30-19/h1-8,11,13H,9-10,12H2,(H,24,27)(H,25,28,29). The van der Waals surface area contributed by atoms with Gasteiger partial charge in [-0.1, -0.05) is 41.9 Å². The Bertz CT molecular complexity index is 1170. The van der Waals surface area contributed by atoms with E-state index in [2.05, 4.69) is 10.6 Å². The first-order valence-corrected chi connectivity index (χ1v) is 10.5. The summed E-state index contributed by atoms with van der Waals surface area (Å²) in [5.41, 5.74) is 2.78. The van der Waals surface area contributed by atoms with Crippen molar-refractivity contribution < 1.29 is 14.4 Å². The number of fused-ring (bicyclic) bond motifs is 1. The van der Waals surface area contributed by atoms with Gasteiger partial charge in [0, 0.05) is 47.2 Å². The highest BCUT2D eigenvalue weighted by Crippen LogP contribution is 2.29. The van der Waals surface area contributed by atoms with E-state index >= 15 is 0 Å². The molecule has 152 valence electrons. The van der Waals surface area contributed by atoms with Crippen molar-refractivity contribution in [1.29, 1.82) is 0 Å². The number of para-hydroxylation sites is 1. The molecule has 3 amide bonds. The second kappa shape index (κ2) is 8.77. The summed E-state index contributed by atoms with van der Waals surface area (Å²) in [5.74, 6) is -0.442. The normalized spacial score (nSPS) is 15.0. The Labute approximate surface area is 182 Å².